The molecular weight excluding hydrogens is 428 g/mol. The van der Waals surface area contributed by atoms with Crippen LogP contribution in [0.25, 0.3) is 5.57 Å². The normalized spacial score (nSPS) is 18.4. The summed E-state index contributed by atoms with van der Waals surface area (Å²) in [7, 11) is 0. The molecule has 3 nitrogen and oxygen atoms in total. The van der Waals surface area contributed by atoms with Crippen LogP contribution in [0, 0.1) is 0 Å². The van der Waals surface area contributed by atoms with Crippen molar-refractivity contribution >= 4 is 16.9 Å². The summed E-state index contributed by atoms with van der Waals surface area (Å²) in [6, 6.07) is 12.4. The predicted octanol–water partition coefficient (Wildman–Crippen LogP) is 8.35. The minimum Gasteiger partial charge on any atom is -0.375 e. The summed E-state index contributed by atoms with van der Waals surface area (Å²) >= 11 is 0. The van der Waals surface area contributed by atoms with E-state index in [0.717, 1.165) is 59.1 Å². The number of anilines is 2. The number of benzene rings is 2. The molecule has 0 spiro atoms. The summed E-state index contributed by atoms with van der Waals surface area (Å²) in [4.78, 5) is 0. The van der Waals surface area contributed by atoms with Gasteiger partial charge in [-0.2, -0.15) is 0 Å². The molecule has 0 aliphatic carbocycles. The summed E-state index contributed by atoms with van der Waals surface area (Å²) in [6.07, 6.45) is 5.18. The third-order valence-electron chi connectivity index (χ3n) is 6.10. The van der Waals surface area contributed by atoms with E-state index in [2.05, 4.69) is 60.1 Å². The molecule has 2 aromatic rings. The van der Waals surface area contributed by atoms with Gasteiger partial charge in [-0.25, -0.2) is 8.78 Å². The molecule has 0 saturated carbocycles. The highest BCUT2D eigenvalue weighted by Gasteiger charge is 2.35. The van der Waals surface area contributed by atoms with Crippen LogP contribution in [-0.2, 0) is 11.5 Å². The predicted molar refractivity (Wildman–Crippen MR) is 144 cm³/mol. The third-order valence-corrected chi connectivity index (χ3v) is 6.10. The SMILES string of the molecule is C=C=CN/C=C(\C)c1cc(C2(C)NC(=C)CCC2=C=C)ccc1Nc1ccc(C(C)(F)F)cc1.[HH].[HH].[HH]. The molecule has 1 aliphatic heterocycles. The van der Waals surface area contributed by atoms with Crippen molar-refractivity contribution in [2.75, 3.05) is 5.32 Å². The molecule has 182 valence electrons. The van der Waals surface area contributed by atoms with Gasteiger partial charge in [0.1, 0.15) is 0 Å². The Balaban J connectivity index is 0.00000432. The highest BCUT2D eigenvalue weighted by Crippen LogP contribution is 2.39. The Hall–Kier alpha value is -3.78. The topological polar surface area (TPSA) is 36.1 Å². The standard InChI is InChI=1S/C29H31F2N3.3H2/c1-7-17-32-19-20(3)26-18-24(28(5)22(8-2)10-9-21(4)34-28)13-16-27(26)33-25-14-11-23(12-15-25)29(6,30)31;;;/h11-19,32-34H,1-2,4,9-10H2,3,5-6H3;3*1H/b20-19+;;;. The van der Waals surface area contributed by atoms with Crippen molar-refractivity contribution < 1.29 is 13.1 Å². The van der Waals surface area contributed by atoms with E-state index in [1.54, 1.807) is 18.3 Å². The largest absolute Gasteiger partial charge is 0.375 e. The molecule has 1 saturated heterocycles. The molecule has 1 heterocycles. The smallest absolute Gasteiger partial charge is 0.270 e. The molecule has 0 aromatic heterocycles. The lowest BCUT2D eigenvalue weighted by Gasteiger charge is -2.39. The average molecular weight is 466 g/mol. The van der Waals surface area contributed by atoms with Gasteiger partial charge in [0, 0.05) is 57.4 Å². The van der Waals surface area contributed by atoms with Gasteiger partial charge >= 0.3 is 0 Å². The maximum Gasteiger partial charge on any atom is 0.270 e. The van der Waals surface area contributed by atoms with E-state index >= 15 is 0 Å². The second-order valence-electron chi connectivity index (χ2n) is 8.70. The Bertz CT molecular complexity index is 1220. The monoisotopic (exact) mass is 465 g/mol. The fourth-order valence-electron chi connectivity index (χ4n) is 4.12. The Morgan fingerprint density at radius 2 is 1.88 bits per heavy atom. The van der Waals surface area contributed by atoms with E-state index in [0.29, 0.717) is 0 Å². The molecule has 1 unspecified atom stereocenters. The summed E-state index contributed by atoms with van der Waals surface area (Å²) < 4.78 is 27.2. The van der Waals surface area contributed by atoms with Crippen molar-refractivity contribution in [2.45, 2.75) is 45.1 Å². The van der Waals surface area contributed by atoms with Crippen LogP contribution >= 0.6 is 0 Å². The molecule has 0 radical (unpaired) electrons. The zero-order valence-electron chi connectivity index (χ0n) is 20.0. The van der Waals surface area contributed by atoms with Crippen LogP contribution in [-0.4, -0.2) is 0 Å². The first-order chi connectivity index (χ1) is 16.1. The number of rotatable bonds is 7. The number of hydrogen-bond donors (Lipinski definition) is 3. The number of halogens is 2. The van der Waals surface area contributed by atoms with Gasteiger partial charge in [-0.05, 0) is 62.1 Å². The van der Waals surface area contributed by atoms with Crippen molar-refractivity contribution in [3.05, 3.63) is 114 Å². The molecule has 1 atom stereocenters. The van der Waals surface area contributed by atoms with E-state index in [-0.39, 0.29) is 9.84 Å². The molecule has 34 heavy (non-hydrogen) atoms. The molecule has 1 fully saturated rings. The second kappa shape index (κ2) is 10.0. The summed E-state index contributed by atoms with van der Waals surface area (Å²) in [5.41, 5.74) is 11.9. The molecule has 2 aromatic carbocycles. The van der Waals surface area contributed by atoms with Crippen molar-refractivity contribution in [2.24, 2.45) is 0 Å². The van der Waals surface area contributed by atoms with Gasteiger partial charge in [-0.3, -0.25) is 0 Å². The van der Waals surface area contributed by atoms with E-state index in [1.165, 1.54) is 12.1 Å². The van der Waals surface area contributed by atoms with Gasteiger partial charge in [0.15, 0.2) is 0 Å². The fourth-order valence-corrected chi connectivity index (χ4v) is 4.12. The number of piperidine rings is 1. The van der Waals surface area contributed by atoms with E-state index in [1.807, 2.05) is 25.3 Å². The van der Waals surface area contributed by atoms with Crippen molar-refractivity contribution in [1.29, 1.82) is 0 Å². The summed E-state index contributed by atoms with van der Waals surface area (Å²) in [5, 5.41) is 9.96. The molecule has 5 heteroatoms. The van der Waals surface area contributed by atoms with Crippen LogP contribution in [0.15, 0.2) is 97.3 Å². The minimum atomic E-state index is -2.88. The van der Waals surface area contributed by atoms with Gasteiger partial charge < -0.3 is 16.0 Å². The first-order valence-corrected chi connectivity index (χ1v) is 11.1. The van der Waals surface area contributed by atoms with Gasteiger partial charge in [-0.1, -0.05) is 37.9 Å². The lowest BCUT2D eigenvalue weighted by molar-refractivity contribution is 0.0175. The average Bonchev–Trinajstić information content (AvgIpc) is 2.79. The Kier molecular flexibility index (Phi) is 7.32. The number of hydrogen-bond acceptors (Lipinski definition) is 3. The quantitative estimate of drug-likeness (QED) is 0.360. The highest BCUT2D eigenvalue weighted by molar-refractivity contribution is 5.79. The van der Waals surface area contributed by atoms with Crippen LogP contribution in [0.3, 0.4) is 0 Å². The Morgan fingerprint density at radius 3 is 2.50 bits per heavy atom. The minimum absolute atomic E-state index is 0. The van der Waals surface area contributed by atoms with Crippen LogP contribution in [0.1, 0.15) is 54.6 Å². The number of nitrogens with one attached hydrogen (secondary N) is 3. The van der Waals surface area contributed by atoms with Crippen molar-refractivity contribution in [3.8, 4) is 0 Å². The fraction of sp³-hybridized carbons (Fsp3) is 0.241. The first-order valence-electron chi connectivity index (χ1n) is 11.1. The maximum atomic E-state index is 13.6. The van der Waals surface area contributed by atoms with Crippen molar-refractivity contribution in [1.82, 2.24) is 10.6 Å². The van der Waals surface area contributed by atoms with Gasteiger partial charge in [0.2, 0.25) is 0 Å². The molecule has 0 amide bonds. The van der Waals surface area contributed by atoms with Crippen LogP contribution in [0.2, 0.25) is 0 Å². The van der Waals surface area contributed by atoms with E-state index < -0.39 is 11.5 Å². The van der Waals surface area contributed by atoms with Crippen LogP contribution in [0.5, 0.6) is 0 Å². The lowest BCUT2D eigenvalue weighted by Crippen LogP contribution is -2.43. The third kappa shape index (κ3) is 5.40. The Morgan fingerprint density at radius 1 is 1.18 bits per heavy atom. The van der Waals surface area contributed by atoms with Gasteiger partial charge in [0.25, 0.3) is 5.92 Å². The molecule has 1 aliphatic rings. The second-order valence-corrected chi connectivity index (χ2v) is 8.70. The van der Waals surface area contributed by atoms with Crippen LogP contribution in [0.4, 0.5) is 20.2 Å². The van der Waals surface area contributed by atoms with Gasteiger partial charge in [-0.15, -0.1) is 11.5 Å². The lowest BCUT2D eigenvalue weighted by atomic mass is 9.78. The highest BCUT2D eigenvalue weighted by atomic mass is 19.3. The van der Waals surface area contributed by atoms with Crippen LogP contribution < -0.4 is 16.0 Å². The summed E-state index contributed by atoms with van der Waals surface area (Å²) in [5.74, 6) is -2.88. The number of alkyl halides is 2. The zero-order valence-corrected chi connectivity index (χ0v) is 20.0. The summed E-state index contributed by atoms with van der Waals surface area (Å²) in [6.45, 7) is 16.6. The van der Waals surface area contributed by atoms with E-state index in [4.69, 9.17) is 0 Å². The molecular formula is C29H37F2N3. The molecule has 3 rings (SSSR count). The molecule has 0 bridgehead atoms. The molecule has 3 N–H and O–H groups in total. The van der Waals surface area contributed by atoms with Crippen molar-refractivity contribution in [3.63, 3.8) is 0 Å². The zero-order chi connectivity index (χ0) is 24.9. The maximum absolute atomic E-state index is 13.6. The number of allylic oxidation sites excluding steroid dienone is 2. The first kappa shape index (κ1) is 24.9. The Labute approximate surface area is 205 Å². The van der Waals surface area contributed by atoms with Gasteiger partial charge in [0.05, 0.1) is 5.54 Å². The van der Waals surface area contributed by atoms with E-state index in [9.17, 15) is 8.78 Å².